The van der Waals surface area contributed by atoms with Gasteiger partial charge in [-0.05, 0) is 39.5 Å². The summed E-state index contributed by atoms with van der Waals surface area (Å²) in [5.41, 5.74) is -0.473. The fraction of sp³-hybridized carbons (Fsp3) is 0.769. The van der Waals surface area contributed by atoms with Crippen molar-refractivity contribution < 1.29 is 9.53 Å². The van der Waals surface area contributed by atoms with Crippen molar-refractivity contribution in [2.45, 2.75) is 39.2 Å². The molecule has 0 N–H and O–H groups in total. The molecule has 1 heterocycles. The van der Waals surface area contributed by atoms with Gasteiger partial charge in [0.05, 0.1) is 5.41 Å². The van der Waals surface area contributed by atoms with E-state index in [-0.39, 0.29) is 11.5 Å². The van der Waals surface area contributed by atoms with Crippen molar-refractivity contribution in [3.8, 4) is 12.3 Å². The molecule has 1 saturated heterocycles. The number of hydrogen-bond donors (Lipinski definition) is 0. The van der Waals surface area contributed by atoms with E-state index in [4.69, 9.17) is 11.2 Å². The van der Waals surface area contributed by atoms with Gasteiger partial charge in [-0.2, -0.15) is 0 Å². The molecule has 2 fully saturated rings. The second kappa shape index (κ2) is 3.41. The van der Waals surface area contributed by atoms with Crippen molar-refractivity contribution in [1.29, 1.82) is 0 Å². The van der Waals surface area contributed by atoms with E-state index in [0.29, 0.717) is 12.5 Å². The Morgan fingerprint density at radius 2 is 2.25 bits per heavy atom. The highest BCUT2D eigenvalue weighted by Gasteiger charge is 2.53. The Hall–Kier alpha value is -1.17. The van der Waals surface area contributed by atoms with Crippen LogP contribution in [0, 0.1) is 23.7 Å². The van der Waals surface area contributed by atoms with Crippen LogP contribution < -0.4 is 0 Å². The normalized spacial score (nSPS) is 32.6. The van der Waals surface area contributed by atoms with Crippen LogP contribution in [0.15, 0.2) is 0 Å². The third-order valence-electron chi connectivity index (χ3n) is 3.57. The van der Waals surface area contributed by atoms with Crippen molar-refractivity contribution in [1.82, 2.24) is 4.90 Å². The van der Waals surface area contributed by atoms with Gasteiger partial charge in [0.1, 0.15) is 5.60 Å². The summed E-state index contributed by atoms with van der Waals surface area (Å²) >= 11 is 0. The molecule has 3 heteroatoms. The standard InChI is InChI=1S/C13H19NO2/c1-5-13-7-6-10(13)8-14(9-13)11(15)16-12(2,3)4/h1,10H,6-9H2,2-4H3/t10-,13-/m1/s1. The van der Waals surface area contributed by atoms with Gasteiger partial charge in [-0.15, -0.1) is 6.42 Å². The second-order valence-electron chi connectivity index (χ2n) is 5.90. The molecule has 0 aromatic heterocycles. The first-order chi connectivity index (χ1) is 7.36. The zero-order valence-electron chi connectivity index (χ0n) is 10.2. The lowest BCUT2D eigenvalue weighted by atomic mass is 9.63. The number of fused-ring (bicyclic) bond motifs is 1. The van der Waals surface area contributed by atoms with Gasteiger partial charge < -0.3 is 9.64 Å². The van der Waals surface area contributed by atoms with Gasteiger partial charge in [0.15, 0.2) is 0 Å². The van der Waals surface area contributed by atoms with E-state index < -0.39 is 5.60 Å². The lowest BCUT2D eigenvalue weighted by molar-refractivity contribution is 0.0283. The average Bonchev–Trinajstić information content (AvgIpc) is 2.37. The van der Waals surface area contributed by atoms with Gasteiger partial charge in [0.25, 0.3) is 0 Å². The number of ether oxygens (including phenoxy) is 1. The van der Waals surface area contributed by atoms with Gasteiger partial charge in [0, 0.05) is 13.1 Å². The lowest BCUT2D eigenvalue weighted by Crippen LogP contribution is -2.38. The van der Waals surface area contributed by atoms with Crippen LogP contribution >= 0.6 is 0 Å². The molecular formula is C13H19NO2. The molecule has 1 amide bonds. The second-order valence-corrected chi connectivity index (χ2v) is 5.90. The molecule has 16 heavy (non-hydrogen) atoms. The minimum absolute atomic E-state index is 0.0447. The molecule has 0 radical (unpaired) electrons. The van der Waals surface area contributed by atoms with Gasteiger partial charge in [0.2, 0.25) is 0 Å². The number of carbonyl (C=O) groups excluding carboxylic acids is 1. The van der Waals surface area contributed by atoms with Crippen LogP contribution in [0.4, 0.5) is 4.79 Å². The maximum atomic E-state index is 11.9. The summed E-state index contributed by atoms with van der Waals surface area (Å²) in [7, 11) is 0. The van der Waals surface area contributed by atoms with Crippen LogP contribution in [0.25, 0.3) is 0 Å². The van der Waals surface area contributed by atoms with Crippen LogP contribution in [0.2, 0.25) is 0 Å². The van der Waals surface area contributed by atoms with E-state index in [9.17, 15) is 4.79 Å². The Balaban J connectivity index is 1.99. The van der Waals surface area contributed by atoms with E-state index in [1.54, 1.807) is 4.90 Å². The van der Waals surface area contributed by atoms with Gasteiger partial charge in [-0.1, -0.05) is 5.92 Å². The van der Waals surface area contributed by atoms with Crippen LogP contribution in [-0.4, -0.2) is 29.7 Å². The van der Waals surface area contributed by atoms with E-state index >= 15 is 0 Å². The Labute approximate surface area is 97.1 Å². The first-order valence-electron chi connectivity index (χ1n) is 5.82. The highest BCUT2D eigenvalue weighted by Crippen LogP contribution is 2.51. The minimum atomic E-state index is -0.429. The van der Waals surface area contributed by atoms with Crippen molar-refractivity contribution in [3.05, 3.63) is 0 Å². The van der Waals surface area contributed by atoms with Crippen LogP contribution in [0.5, 0.6) is 0 Å². The molecule has 0 unspecified atom stereocenters. The van der Waals surface area contributed by atoms with Gasteiger partial charge >= 0.3 is 6.09 Å². The van der Waals surface area contributed by atoms with E-state index in [2.05, 4.69) is 5.92 Å². The number of terminal acetylenes is 1. The summed E-state index contributed by atoms with van der Waals surface area (Å²) in [4.78, 5) is 13.6. The van der Waals surface area contributed by atoms with Crippen molar-refractivity contribution >= 4 is 6.09 Å². The van der Waals surface area contributed by atoms with E-state index in [0.717, 1.165) is 19.4 Å². The summed E-state index contributed by atoms with van der Waals surface area (Å²) < 4.78 is 5.35. The first kappa shape index (κ1) is 11.3. The summed E-state index contributed by atoms with van der Waals surface area (Å²) in [6.45, 7) is 7.08. The number of hydrogen-bond acceptors (Lipinski definition) is 2. The molecule has 3 nitrogen and oxygen atoms in total. The third kappa shape index (κ3) is 1.77. The predicted molar refractivity (Wildman–Crippen MR) is 61.8 cm³/mol. The molecule has 0 bridgehead atoms. The summed E-state index contributed by atoms with van der Waals surface area (Å²) in [6, 6.07) is 0. The molecule has 1 saturated carbocycles. The monoisotopic (exact) mass is 221 g/mol. The highest BCUT2D eigenvalue weighted by molar-refractivity contribution is 5.69. The molecule has 2 aliphatic rings. The molecular weight excluding hydrogens is 202 g/mol. The number of likely N-dealkylation sites (tertiary alicyclic amines) is 1. The third-order valence-corrected chi connectivity index (χ3v) is 3.57. The lowest BCUT2D eigenvalue weighted by Gasteiger charge is -2.38. The summed E-state index contributed by atoms with van der Waals surface area (Å²) in [6.07, 6.45) is 7.54. The highest BCUT2D eigenvalue weighted by atomic mass is 16.6. The predicted octanol–water partition coefficient (Wildman–Crippen LogP) is 2.27. The molecule has 1 aliphatic heterocycles. The molecule has 2 atom stereocenters. The summed E-state index contributed by atoms with van der Waals surface area (Å²) in [5.74, 6) is 3.37. The Kier molecular flexibility index (Phi) is 2.41. The fourth-order valence-corrected chi connectivity index (χ4v) is 2.54. The van der Waals surface area contributed by atoms with Crippen LogP contribution in [-0.2, 0) is 4.74 Å². The number of rotatable bonds is 0. The van der Waals surface area contributed by atoms with Crippen LogP contribution in [0.3, 0.4) is 0 Å². The zero-order valence-corrected chi connectivity index (χ0v) is 10.2. The Morgan fingerprint density at radius 3 is 2.62 bits per heavy atom. The number of nitrogens with zero attached hydrogens (tertiary/aromatic N) is 1. The maximum Gasteiger partial charge on any atom is 0.410 e. The quantitative estimate of drug-likeness (QED) is 0.587. The first-order valence-corrected chi connectivity index (χ1v) is 5.82. The Morgan fingerprint density at radius 1 is 1.56 bits per heavy atom. The average molecular weight is 221 g/mol. The van der Waals surface area contributed by atoms with Crippen molar-refractivity contribution in [3.63, 3.8) is 0 Å². The molecule has 0 aromatic rings. The van der Waals surface area contributed by atoms with E-state index in [1.807, 2.05) is 20.8 Å². The molecule has 1 aliphatic carbocycles. The van der Waals surface area contributed by atoms with Crippen molar-refractivity contribution in [2.75, 3.05) is 13.1 Å². The molecule has 0 spiro atoms. The topological polar surface area (TPSA) is 29.5 Å². The molecule has 0 aromatic carbocycles. The summed E-state index contributed by atoms with van der Waals surface area (Å²) in [5, 5.41) is 0. The molecule has 2 rings (SSSR count). The maximum absolute atomic E-state index is 11.9. The largest absolute Gasteiger partial charge is 0.444 e. The number of carbonyl (C=O) groups is 1. The smallest absolute Gasteiger partial charge is 0.410 e. The van der Waals surface area contributed by atoms with E-state index in [1.165, 1.54) is 0 Å². The van der Waals surface area contributed by atoms with Gasteiger partial charge in [-0.25, -0.2) is 4.79 Å². The molecule has 88 valence electrons. The van der Waals surface area contributed by atoms with Crippen LogP contribution in [0.1, 0.15) is 33.6 Å². The van der Waals surface area contributed by atoms with Crippen molar-refractivity contribution in [2.24, 2.45) is 11.3 Å². The fourth-order valence-electron chi connectivity index (χ4n) is 2.54. The zero-order chi connectivity index (χ0) is 12.0. The number of amides is 1. The Bertz CT molecular complexity index is 350. The minimum Gasteiger partial charge on any atom is -0.444 e. The van der Waals surface area contributed by atoms with Gasteiger partial charge in [-0.3, -0.25) is 0 Å². The SMILES string of the molecule is C#C[C@]12CC[C@@H]1CN(C(=O)OC(C)(C)C)C2.